The van der Waals surface area contributed by atoms with Crippen LogP contribution in [0.3, 0.4) is 0 Å². The molecule has 18 heavy (non-hydrogen) atoms. The Labute approximate surface area is 113 Å². The molecule has 2 atom stereocenters. The zero-order valence-electron chi connectivity index (χ0n) is 11.2. The van der Waals surface area contributed by atoms with Gasteiger partial charge in [-0.2, -0.15) is 0 Å². The molecule has 4 nitrogen and oxygen atoms in total. The Balaban J connectivity index is 2.25. The number of ether oxygens (including phenoxy) is 1. The van der Waals surface area contributed by atoms with Crippen LogP contribution in [0.1, 0.15) is 32.5 Å². The number of rotatable bonds is 3. The molecule has 5 heteroatoms. The van der Waals surface area contributed by atoms with Gasteiger partial charge in [-0.15, -0.1) is 0 Å². The largest absolute Gasteiger partial charge is 0.377 e. The average Bonchev–Trinajstić information content (AvgIpc) is 2.32. The van der Waals surface area contributed by atoms with Crippen LogP contribution in [0.5, 0.6) is 0 Å². The van der Waals surface area contributed by atoms with Crippen LogP contribution in [0.4, 0.5) is 5.82 Å². The van der Waals surface area contributed by atoms with Crippen LogP contribution in [0.15, 0.2) is 6.07 Å². The molecule has 0 spiro atoms. The van der Waals surface area contributed by atoms with Crippen LogP contribution in [-0.2, 0) is 11.3 Å². The van der Waals surface area contributed by atoms with Crippen molar-refractivity contribution in [2.75, 3.05) is 18.6 Å². The number of hydrogen-bond donors (Lipinski definition) is 0. The van der Waals surface area contributed by atoms with Crippen molar-refractivity contribution in [2.45, 2.75) is 39.3 Å². The maximum absolute atomic E-state index is 6.06. The van der Waals surface area contributed by atoms with E-state index in [1.54, 1.807) is 7.11 Å². The number of halogens is 1. The second-order valence-electron chi connectivity index (χ2n) is 5.08. The first kappa shape index (κ1) is 13.6. The van der Waals surface area contributed by atoms with Gasteiger partial charge in [0.05, 0.1) is 0 Å². The molecule has 1 aromatic heterocycles. The Morgan fingerprint density at radius 3 is 2.89 bits per heavy atom. The highest BCUT2D eigenvalue weighted by Crippen LogP contribution is 2.27. The van der Waals surface area contributed by atoms with Crippen molar-refractivity contribution >= 4 is 17.4 Å². The zero-order chi connectivity index (χ0) is 13.1. The molecule has 0 radical (unpaired) electrons. The average molecular weight is 270 g/mol. The molecule has 1 fully saturated rings. The minimum atomic E-state index is 0.394. The van der Waals surface area contributed by atoms with Crippen molar-refractivity contribution in [3.05, 3.63) is 17.0 Å². The standard InChI is InChI=1S/C13H20ClN3O/c1-9-4-5-10(2)17(7-9)13-6-11(14)15-12(16-13)8-18-3/h6,9-10H,4-5,7-8H2,1-3H3. The Morgan fingerprint density at radius 1 is 1.39 bits per heavy atom. The Morgan fingerprint density at radius 2 is 2.17 bits per heavy atom. The van der Waals surface area contributed by atoms with E-state index >= 15 is 0 Å². The fourth-order valence-corrected chi connectivity index (χ4v) is 2.60. The van der Waals surface area contributed by atoms with Gasteiger partial charge in [0.15, 0.2) is 5.82 Å². The fraction of sp³-hybridized carbons (Fsp3) is 0.692. The molecular formula is C13H20ClN3O. The SMILES string of the molecule is COCc1nc(Cl)cc(N2CC(C)CCC2C)n1. The van der Waals surface area contributed by atoms with Gasteiger partial charge in [0, 0.05) is 25.8 Å². The van der Waals surface area contributed by atoms with E-state index in [-0.39, 0.29) is 0 Å². The van der Waals surface area contributed by atoms with E-state index in [1.807, 2.05) is 6.07 Å². The molecule has 1 aromatic rings. The molecule has 100 valence electrons. The Kier molecular flexibility index (Phi) is 4.40. The second-order valence-corrected chi connectivity index (χ2v) is 5.47. The maximum atomic E-state index is 6.06. The van der Waals surface area contributed by atoms with Crippen LogP contribution in [0.2, 0.25) is 5.15 Å². The Hall–Kier alpha value is -0.870. The van der Waals surface area contributed by atoms with Gasteiger partial charge in [-0.3, -0.25) is 0 Å². The van der Waals surface area contributed by atoms with Gasteiger partial charge in [-0.25, -0.2) is 9.97 Å². The van der Waals surface area contributed by atoms with E-state index in [4.69, 9.17) is 16.3 Å². The summed E-state index contributed by atoms with van der Waals surface area (Å²) < 4.78 is 5.07. The summed E-state index contributed by atoms with van der Waals surface area (Å²) in [5, 5.41) is 0.484. The predicted octanol–water partition coefficient (Wildman–Crippen LogP) is 2.90. The molecule has 0 aromatic carbocycles. The van der Waals surface area contributed by atoms with E-state index in [2.05, 4.69) is 28.7 Å². The van der Waals surface area contributed by atoms with Gasteiger partial charge >= 0.3 is 0 Å². The lowest BCUT2D eigenvalue weighted by Gasteiger charge is -2.37. The van der Waals surface area contributed by atoms with Crippen molar-refractivity contribution in [1.29, 1.82) is 0 Å². The molecule has 2 rings (SSSR count). The summed E-state index contributed by atoms with van der Waals surface area (Å²) in [6.07, 6.45) is 2.48. The summed E-state index contributed by atoms with van der Waals surface area (Å²) in [5.41, 5.74) is 0. The van der Waals surface area contributed by atoms with E-state index < -0.39 is 0 Å². The van der Waals surface area contributed by atoms with E-state index in [0.29, 0.717) is 29.5 Å². The molecule has 0 bridgehead atoms. The topological polar surface area (TPSA) is 38.2 Å². The van der Waals surface area contributed by atoms with Crippen molar-refractivity contribution in [3.8, 4) is 0 Å². The number of methoxy groups -OCH3 is 1. The third-order valence-corrected chi connectivity index (χ3v) is 3.61. The van der Waals surface area contributed by atoms with Crippen LogP contribution in [-0.4, -0.2) is 29.7 Å². The first-order chi connectivity index (χ1) is 8.60. The fourth-order valence-electron chi connectivity index (χ4n) is 2.40. The lowest BCUT2D eigenvalue weighted by Crippen LogP contribution is -2.41. The molecule has 0 amide bonds. The number of aromatic nitrogens is 2. The molecular weight excluding hydrogens is 250 g/mol. The predicted molar refractivity (Wildman–Crippen MR) is 73.0 cm³/mol. The first-order valence-electron chi connectivity index (χ1n) is 6.39. The van der Waals surface area contributed by atoms with Crippen molar-refractivity contribution < 1.29 is 4.74 Å². The summed E-state index contributed by atoms with van der Waals surface area (Å²) in [4.78, 5) is 11.0. The molecule has 0 aliphatic carbocycles. The molecule has 2 heterocycles. The Bertz CT molecular complexity index is 413. The molecule has 1 aliphatic rings. The lowest BCUT2D eigenvalue weighted by molar-refractivity contribution is 0.177. The second kappa shape index (κ2) is 5.85. The summed E-state index contributed by atoms with van der Waals surface area (Å²) in [5.74, 6) is 2.26. The van der Waals surface area contributed by atoms with Crippen molar-refractivity contribution in [3.63, 3.8) is 0 Å². The number of anilines is 1. The van der Waals surface area contributed by atoms with Gasteiger partial charge in [0.25, 0.3) is 0 Å². The van der Waals surface area contributed by atoms with Gasteiger partial charge in [0.1, 0.15) is 17.6 Å². The minimum Gasteiger partial charge on any atom is -0.377 e. The first-order valence-corrected chi connectivity index (χ1v) is 6.77. The highest BCUT2D eigenvalue weighted by Gasteiger charge is 2.24. The third-order valence-electron chi connectivity index (χ3n) is 3.41. The summed E-state index contributed by atoms with van der Waals surface area (Å²) in [6, 6.07) is 2.34. The number of nitrogens with zero attached hydrogens (tertiary/aromatic N) is 3. The molecule has 2 unspecified atom stereocenters. The smallest absolute Gasteiger partial charge is 0.158 e. The van der Waals surface area contributed by atoms with E-state index in [0.717, 1.165) is 12.4 Å². The normalized spacial score (nSPS) is 24.3. The monoisotopic (exact) mass is 269 g/mol. The quantitative estimate of drug-likeness (QED) is 0.791. The summed E-state index contributed by atoms with van der Waals surface area (Å²) >= 11 is 6.06. The lowest BCUT2D eigenvalue weighted by atomic mass is 9.95. The summed E-state index contributed by atoms with van der Waals surface area (Å²) in [7, 11) is 1.63. The van der Waals surface area contributed by atoms with Crippen molar-refractivity contribution in [1.82, 2.24) is 9.97 Å². The molecule has 0 N–H and O–H groups in total. The minimum absolute atomic E-state index is 0.394. The van der Waals surface area contributed by atoms with Gasteiger partial charge in [-0.05, 0) is 25.7 Å². The third kappa shape index (κ3) is 3.12. The van der Waals surface area contributed by atoms with Gasteiger partial charge in [0.2, 0.25) is 0 Å². The molecule has 1 saturated heterocycles. The van der Waals surface area contributed by atoms with Crippen LogP contribution < -0.4 is 4.90 Å². The highest BCUT2D eigenvalue weighted by atomic mass is 35.5. The highest BCUT2D eigenvalue weighted by molar-refractivity contribution is 6.29. The van der Waals surface area contributed by atoms with E-state index in [1.165, 1.54) is 12.8 Å². The van der Waals surface area contributed by atoms with Crippen LogP contribution in [0, 0.1) is 5.92 Å². The zero-order valence-corrected chi connectivity index (χ0v) is 11.9. The maximum Gasteiger partial charge on any atom is 0.158 e. The van der Waals surface area contributed by atoms with Gasteiger partial charge < -0.3 is 9.64 Å². The molecule has 1 aliphatic heterocycles. The van der Waals surface area contributed by atoms with Crippen molar-refractivity contribution in [2.24, 2.45) is 5.92 Å². The van der Waals surface area contributed by atoms with Gasteiger partial charge in [-0.1, -0.05) is 18.5 Å². The van der Waals surface area contributed by atoms with E-state index in [9.17, 15) is 0 Å². The molecule has 0 saturated carbocycles. The number of hydrogen-bond acceptors (Lipinski definition) is 4. The van der Waals surface area contributed by atoms with Crippen LogP contribution in [0.25, 0.3) is 0 Å². The van der Waals surface area contributed by atoms with Crippen LogP contribution >= 0.6 is 11.6 Å². The number of piperidine rings is 1. The summed E-state index contributed by atoms with van der Waals surface area (Å²) in [6.45, 7) is 5.93.